The molecule has 1 N–H and O–H groups in total. The molecule has 0 aliphatic carbocycles. The van der Waals surface area contributed by atoms with Gasteiger partial charge < -0.3 is 10.2 Å². The van der Waals surface area contributed by atoms with Gasteiger partial charge in [0.05, 0.1) is 10.8 Å². The Morgan fingerprint density at radius 2 is 1.79 bits per heavy atom. The summed E-state index contributed by atoms with van der Waals surface area (Å²) in [7, 11) is 0. The van der Waals surface area contributed by atoms with Crippen molar-refractivity contribution in [2.75, 3.05) is 26.2 Å². The van der Waals surface area contributed by atoms with Crippen molar-refractivity contribution in [1.82, 2.24) is 15.1 Å². The van der Waals surface area contributed by atoms with Gasteiger partial charge in [-0.05, 0) is 47.5 Å². The van der Waals surface area contributed by atoms with Crippen molar-refractivity contribution in [3.8, 4) is 0 Å². The average molecular weight is 482 g/mol. The Morgan fingerprint density at radius 1 is 1.06 bits per heavy atom. The number of nitrogens with zero attached hydrogens (tertiary/aromatic N) is 2. The number of imide groups is 1. The molecule has 2 heterocycles. The van der Waals surface area contributed by atoms with Crippen LogP contribution in [0.4, 0.5) is 9.18 Å². The van der Waals surface area contributed by atoms with E-state index in [-0.39, 0.29) is 42.0 Å². The molecule has 2 aromatic carbocycles. The molecule has 2 aromatic rings. The first-order valence-corrected chi connectivity index (χ1v) is 11.8. The molecule has 1 atom stereocenters. The minimum atomic E-state index is -0.448. The van der Waals surface area contributed by atoms with E-state index in [2.05, 4.69) is 5.32 Å². The number of halogens is 1. The van der Waals surface area contributed by atoms with Crippen molar-refractivity contribution in [3.63, 3.8) is 0 Å². The van der Waals surface area contributed by atoms with E-state index in [0.717, 1.165) is 28.6 Å². The number of rotatable bonds is 8. The van der Waals surface area contributed by atoms with Crippen LogP contribution in [0.5, 0.6) is 0 Å². The van der Waals surface area contributed by atoms with Crippen LogP contribution in [0.1, 0.15) is 17.5 Å². The fraction of sp³-hybridized carbons (Fsp3) is 0.280. The Morgan fingerprint density at radius 3 is 2.53 bits per heavy atom. The molecule has 4 rings (SSSR count). The molecule has 2 fully saturated rings. The van der Waals surface area contributed by atoms with E-state index >= 15 is 0 Å². The summed E-state index contributed by atoms with van der Waals surface area (Å²) >= 11 is 0.810. The van der Waals surface area contributed by atoms with E-state index in [1.54, 1.807) is 4.90 Å². The zero-order chi connectivity index (χ0) is 24.1. The summed E-state index contributed by atoms with van der Waals surface area (Å²) < 4.78 is 13.1. The fourth-order valence-corrected chi connectivity index (χ4v) is 4.78. The average Bonchev–Trinajstić information content (AvgIpc) is 3.33. The number of hydrogen-bond donors (Lipinski definition) is 1. The summed E-state index contributed by atoms with van der Waals surface area (Å²) in [4.78, 5) is 52.7. The van der Waals surface area contributed by atoms with E-state index in [9.17, 15) is 23.6 Å². The molecule has 9 heteroatoms. The number of carbonyl (C=O) groups excluding carboxylic acids is 4. The smallest absolute Gasteiger partial charge is 0.293 e. The molecule has 0 bridgehead atoms. The van der Waals surface area contributed by atoms with Crippen LogP contribution in [0.2, 0.25) is 0 Å². The van der Waals surface area contributed by atoms with Gasteiger partial charge in [0.1, 0.15) is 5.82 Å². The summed E-state index contributed by atoms with van der Waals surface area (Å²) in [6.07, 6.45) is 2.42. The Bertz CT molecular complexity index is 1120. The lowest BCUT2D eigenvalue weighted by Gasteiger charge is -2.17. The first kappa shape index (κ1) is 23.7. The molecule has 0 spiro atoms. The van der Waals surface area contributed by atoms with Crippen LogP contribution in [-0.2, 0) is 20.8 Å². The van der Waals surface area contributed by atoms with Crippen molar-refractivity contribution < 1.29 is 23.6 Å². The maximum Gasteiger partial charge on any atom is 0.293 e. The molecular weight excluding hydrogens is 457 g/mol. The molecule has 2 aliphatic rings. The second-order valence-corrected chi connectivity index (χ2v) is 9.15. The Kier molecular flexibility index (Phi) is 7.42. The van der Waals surface area contributed by atoms with Crippen molar-refractivity contribution in [3.05, 3.63) is 76.4 Å². The van der Waals surface area contributed by atoms with Crippen LogP contribution >= 0.6 is 11.8 Å². The largest absolute Gasteiger partial charge is 0.354 e. The Labute approximate surface area is 201 Å². The van der Waals surface area contributed by atoms with Crippen LogP contribution < -0.4 is 5.32 Å². The highest BCUT2D eigenvalue weighted by Gasteiger charge is 2.36. The highest BCUT2D eigenvalue weighted by Crippen LogP contribution is 2.32. The number of amides is 4. The third-order valence-electron chi connectivity index (χ3n) is 5.77. The van der Waals surface area contributed by atoms with Gasteiger partial charge in [-0.3, -0.25) is 24.1 Å². The quantitative estimate of drug-likeness (QED) is 0.586. The van der Waals surface area contributed by atoms with Gasteiger partial charge in [0, 0.05) is 32.6 Å². The third kappa shape index (κ3) is 5.72. The minimum Gasteiger partial charge on any atom is -0.354 e. The first-order valence-electron chi connectivity index (χ1n) is 11.0. The highest BCUT2D eigenvalue weighted by molar-refractivity contribution is 8.18. The van der Waals surface area contributed by atoms with E-state index in [4.69, 9.17) is 0 Å². The number of carbonyl (C=O) groups is 4. The fourth-order valence-electron chi connectivity index (χ4n) is 3.91. The number of benzene rings is 2. The standard InChI is InChI=1S/C25H24FN3O4S/c26-20-8-6-18(7-9-20)14-21-24(32)29(25(33)34-21)13-11-27-23(31)19-15-22(30)28(16-19)12-10-17-4-2-1-3-5-17/h1-9,14,19H,10-13,15-16H2,(H,27,31)/b21-14+/t19-/m0/s1. The molecule has 0 radical (unpaired) electrons. The Hall–Kier alpha value is -3.46. The van der Waals surface area contributed by atoms with Crippen LogP contribution in [0.3, 0.4) is 0 Å². The van der Waals surface area contributed by atoms with Crippen LogP contribution in [0.15, 0.2) is 59.5 Å². The lowest BCUT2D eigenvalue weighted by Crippen LogP contribution is -2.40. The van der Waals surface area contributed by atoms with Gasteiger partial charge in [0.25, 0.3) is 11.1 Å². The van der Waals surface area contributed by atoms with Gasteiger partial charge in [0.2, 0.25) is 11.8 Å². The molecule has 4 amide bonds. The van der Waals surface area contributed by atoms with Gasteiger partial charge >= 0.3 is 0 Å². The molecule has 176 valence electrons. The molecule has 2 saturated heterocycles. The first-order chi connectivity index (χ1) is 16.4. The number of thioether (sulfide) groups is 1. The topological polar surface area (TPSA) is 86.8 Å². The Balaban J connectivity index is 1.24. The summed E-state index contributed by atoms with van der Waals surface area (Å²) in [6, 6.07) is 15.5. The van der Waals surface area contributed by atoms with Gasteiger partial charge in [-0.1, -0.05) is 42.5 Å². The summed E-state index contributed by atoms with van der Waals surface area (Å²) in [5.41, 5.74) is 1.75. The summed E-state index contributed by atoms with van der Waals surface area (Å²) in [5, 5.41) is 2.32. The predicted molar refractivity (Wildman–Crippen MR) is 127 cm³/mol. The molecular formula is C25H24FN3O4S. The molecule has 2 aliphatic heterocycles. The van der Waals surface area contributed by atoms with Crippen molar-refractivity contribution >= 4 is 40.8 Å². The van der Waals surface area contributed by atoms with E-state index < -0.39 is 17.1 Å². The van der Waals surface area contributed by atoms with Gasteiger partial charge in [-0.2, -0.15) is 0 Å². The highest BCUT2D eigenvalue weighted by atomic mass is 32.2. The zero-order valence-corrected chi connectivity index (χ0v) is 19.2. The number of likely N-dealkylation sites (tertiary alicyclic amines) is 1. The molecule has 0 saturated carbocycles. The normalized spacial score (nSPS) is 19.4. The van der Waals surface area contributed by atoms with Crippen LogP contribution in [0, 0.1) is 11.7 Å². The third-order valence-corrected chi connectivity index (χ3v) is 6.68. The molecule has 0 unspecified atom stereocenters. The second kappa shape index (κ2) is 10.6. The van der Waals surface area contributed by atoms with Crippen molar-refractivity contribution in [1.29, 1.82) is 0 Å². The maximum absolute atomic E-state index is 13.1. The van der Waals surface area contributed by atoms with E-state index in [1.165, 1.54) is 30.3 Å². The predicted octanol–water partition coefficient (Wildman–Crippen LogP) is 3.07. The SMILES string of the molecule is O=C(NCCN1C(=O)S/C(=C/c2ccc(F)cc2)C1=O)[C@H]1CC(=O)N(CCc2ccccc2)C1. The lowest BCUT2D eigenvalue weighted by molar-refractivity contribution is -0.129. The zero-order valence-electron chi connectivity index (χ0n) is 18.4. The van der Waals surface area contributed by atoms with Gasteiger partial charge in [-0.25, -0.2) is 4.39 Å². The van der Waals surface area contributed by atoms with Crippen LogP contribution in [0.25, 0.3) is 6.08 Å². The maximum atomic E-state index is 13.1. The van der Waals surface area contributed by atoms with Crippen molar-refractivity contribution in [2.45, 2.75) is 12.8 Å². The monoisotopic (exact) mass is 481 g/mol. The van der Waals surface area contributed by atoms with Gasteiger partial charge in [0.15, 0.2) is 0 Å². The van der Waals surface area contributed by atoms with Crippen LogP contribution in [-0.4, -0.2) is 58.9 Å². The number of nitrogens with one attached hydrogen (secondary N) is 1. The summed E-state index contributed by atoms with van der Waals surface area (Å²) in [6.45, 7) is 1.06. The molecule has 7 nitrogen and oxygen atoms in total. The number of hydrogen-bond acceptors (Lipinski definition) is 5. The van der Waals surface area contributed by atoms with Crippen molar-refractivity contribution in [2.24, 2.45) is 5.92 Å². The lowest BCUT2D eigenvalue weighted by atomic mass is 10.1. The van der Waals surface area contributed by atoms with Gasteiger partial charge in [-0.15, -0.1) is 0 Å². The summed E-state index contributed by atoms with van der Waals surface area (Å²) in [5.74, 6) is -1.59. The van der Waals surface area contributed by atoms with E-state index in [1.807, 2.05) is 30.3 Å². The second-order valence-electron chi connectivity index (χ2n) is 8.15. The molecule has 0 aromatic heterocycles. The minimum absolute atomic E-state index is 0.0373. The molecule has 34 heavy (non-hydrogen) atoms. The van der Waals surface area contributed by atoms with E-state index in [0.29, 0.717) is 18.7 Å².